The number of hydrogen-bond donors (Lipinski definition) is 2. The topological polar surface area (TPSA) is 65.2 Å². The number of aryl methyl sites for hydroxylation is 1. The van der Waals surface area contributed by atoms with Gasteiger partial charge in [0.25, 0.3) is 5.91 Å². The lowest BCUT2D eigenvalue weighted by molar-refractivity contribution is -0.132. The van der Waals surface area contributed by atoms with E-state index in [9.17, 15) is 9.59 Å². The van der Waals surface area contributed by atoms with Crippen LogP contribution in [0.1, 0.15) is 34.8 Å². The first-order valence-electron chi connectivity index (χ1n) is 9.95. The monoisotopic (exact) mass is 387 g/mol. The third-order valence-corrected chi connectivity index (χ3v) is 5.45. The summed E-state index contributed by atoms with van der Waals surface area (Å²) < 4.78 is 0. The van der Waals surface area contributed by atoms with Crippen molar-refractivity contribution in [2.75, 3.05) is 13.1 Å². The number of amides is 2. The zero-order valence-corrected chi connectivity index (χ0v) is 16.7. The number of carbonyl (C=O) groups excluding carboxylic acids is 2. The summed E-state index contributed by atoms with van der Waals surface area (Å²) in [6, 6.07) is 15.0. The van der Waals surface area contributed by atoms with E-state index in [0.29, 0.717) is 18.7 Å². The molecule has 0 bridgehead atoms. The fourth-order valence-electron chi connectivity index (χ4n) is 3.85. The number of hydrogen-bond acceptors (Lipinski definition) is 2. The molecule has 1 aliphatic heterocycles. The lowest BCUT2D eigenvalue weighted by Crippen LogP contribution is -2.48. The molecule has 2 aromatic carbocycles. The van der Waals surface area contributed by atoms with Crippen LogP contribution in [0, 0.1) is 6.92 Å². The number of aromatic nitrogens is 1. The van der Waals surface area contributed by atoms with Gasteiger partial charge >= 0.3 is 0 Å². The molecule has 0 unspecified atom stereocenters. The lowest BCUT2D eigenvalue weighted by atomic mass is 9.98. The zero-order valence-electron chi connectivity index (χ0n) is 16.7. The van der Waals surface area contributed by atoms with Gasteiger partial charge in [0.15, 0.2) is 0 Å². The molecular formula is C24H25N3O2. The van der Waals surface area contributed by atoms with Crippen LogP contribution in [0.5, 0.6) is 0 Å². The number of para-hydroxylation sites is 1. The van der Waals surface area contributed by atoms with E-state index in [4.69, 9.17) is 0 Å². The summed E-state index contributed by atoms with van der Waals surface area (Å²) in [6.45, 7) is 4.89. The number of benzene rings is 2. The molecule has 4 rings (SSSR count). The maximum Gasteiger partial charge on any atom is 0.251 e. The van der Waals surface area contributed by atoms with E-state index >= 15 is 0 Å². The Kier molecular flexibility index (Phi) is 5.21. The second-order valence-corrected chi connectivity index (χ2v) is 7.58. The van der Waals surface area contributed by atoms with Crippen molar-refractivity contribution in [1.29, 1.82) is 0 Å². The van der Waals surface area contributed by atoms with Crippen molar-refractivity contribution < 1.29 is 9.59 Å². The number of nitrogens with one attached hydrogen (secondary N) is 2. The second-order valence-electron chi connectivity index (χ2n) is 7.58. The van der Waals surface area contributed by atoms with Crippen molar-refractivity contribution >= 4 is 28.3 Å². The second kappa shape index (κ2) is 7.95. The fraction of sp³-hybridized carbons (Fsp3) is 0.250. The molecule has 0 aliphatic carbocycles. The van der Waals surface area contributed by atoms with E-state index in [2.05, 4.69) is 28.5 Å². The van der Waals surface area contributed by atoms with Crippen LogP contribution in [0.2, 0.25) is 0 Å². The number of nitrogens with zero attached hydrogens (tertiary/aromatic N) is 1. The van der Waals surface area contributed by atoms with Crippen molar-refractivity contribution in [3.8, 4) is 0 Å². The Morgan fingerprint density at radius 3 is 2.72 bits per heavy atom. The predicted octanol–water partition coefficient (Wildman–Crippen LogP) is 3.91. The van der Waals surface area contributed by atoms with Crippen molar-refractivity contribution in [2.24, 2.45) is 0 Å². The van der Waals surface area contributed by atoms with Gasteiger partial charge in [-0.3, -0.25) is 9.59 Å². The summed E-state index contributed by atoms with van der Waals surface area (Å²) in [5.74, 6) is -0.276. The zero-order chi connectivity index (χ0) is 20.4. The van der Waals surface area contributed by atoms with Crippen LogP contribution < -0.4 is 5.32 Å². The van der Waals surface area contributed by atoms with Crippen molar-refractivity contribution in [3.63, 3.8) is 0 Å². The largest absolute Gasteiger partial charge is 0.361 e. The minimum Gasteiger partial charge on any atom is -0.361 e. The maximum absolute atomic E-state index is 12.8. The standard InChI is InChI=1S/C24H25N3O2/c1-16-6-5-7-19(14-16)23(28)26-17(2)24(29)27-12-10-18(11-13-27)21-15-25-22-9-4-3-8-20(21)22/h3-10,14-15,17,25H,11-13H2,1-2H3,(H,26,28)/t17-/m0/s1. The quantitative estimate of drug-likeness (QED) is 0.713. The third kappa shape index (κ3) is 3.94. The first-order chi connectivity index (χ1) is 14.0. The van der Waals surface area contributed by atoms with E-state index in [1.807, 2.05) is 43.5 Å². The Hall–Kier alpha value is -3.34. The highest BCUT2D eigenvalue weighted by atomic mass is 16.2. The Labute approximate surface area is 170 Å². The van der Waals surface area contributed by atoms with Crippen LogP contribution in [0.3, 0.4) is 0 Å². The molecule has 5 heteroatoms. The minimum atomic E-state index is -0.564. The average Bonchev–Trinajstić information content (AvgIpc) is 3.17. The van der Waals surface area contributed by atoms with Crippen LogP contribution >= 0.6 is 0 Å². The average molecular weight is 387 g/mol. The van der Waals surface area contributed by atoms with E-state index in [0.717, 1.165) is 17.5 Å². The van der Waals surface area contributed by atoms with Gasteiger partial charge in [0.2, 0.25) is 5.91 Å². The van der Waals surface area contributed by atoms with Gasteiger partial charge in [-0.1, -0.05) is 42.0 Å². The molecule has 2 amide bonds. The number of rotatable bonds is 4. The molecule has 0 radical (unpaired) electrons. The van der Waals surface area contributed by atoms with Gasteiger partial charge in [0, 0.05) is 41.3 Å². The predicted molar refractivity (Wildman–Crippen MR) is 116 cm³/mol. The molecule has 1 aromatic heterocycles. The molecule has 2 N–H and O–H groups in total. The first-order valence-corrected chi connectivity index (χ1v) is 9.95. The molecule has 0 saturated heterocycles. The Morgan fingerprint density at radius 2 is 1.97 bits per heavy atom. The van der Waals surface area contributed by atoms with Gasteiger partial charge in [-0.2, -0.15) is 0 Å². The molecule has 29 heavy (non-hydrogen) atoms. The summed E-state index contributed by atoms with van der Waals surface area (Å²) >= 11 is 0. The van der Waals surface area contributed by atoms with Crippen LogP contribution in [-0.4, -0.2) is 40.8 Å². The van der Waals surface area contributed by atoms with Gasteiger partial charge in [-0.15, -0.1) is 0 Å². The highest BCUT2D eigenvalue weighted by Crippen LogP contribution is 2.29. The van der Waals surface area contributed by atoms with Gasteiger partial charge in [-0.25, -0.2) is 0 Å². The summed E-state index contributed by atoms with van der Waals surface area (Å²) in [7, 11) is 0. The molecule has 5 nitrogen and oxygen atoms in total. The van der Waals surface area contributed by atoms with Crippen LogP contribution in [0.25, 0.3) is 16.5 Å². The Morgan fingerprint density at radius 1 is 1.14 bits per heavy atom. The van der Waals surface area contributed by atoms with E-state index in [-0.39, 0.29) is 11.8 Å². The van der Waals surface area contributed by atoms with Crippen LogP contribution in [0.15, 0.2) is 60.8 Å². The molecule has 1 aliphatic rings. The first kappa shape index (κ1) is 19.0. The molecule has 0 fully saturated rings. The smallest absolute Gasteiger partial charge is 0.251 e. The SMILES string of the molecule is Cc1cccc(C(=O)N[C@@H](C)C(=O)N2CC=C(c3c[nH]c4ccccc34)CC2)c1. The summed E-state index contributed by atoms with van der Waals surface area (Å²) in [5.41, 5.74) is 5.17. The third-order valence-electron chi connectivity index (χ3n) is 5.45. The molecule has 3 aromatic rings. The van der Waals surface area contributed by atoms with Gasteiger partial charge in [0.1, 0.15) is 6.04 Å². The highest BCUT2D eigenvalue weighted by Gasteiger charge is 2.24. The molecule has 1 atom stereocenters. The fourth-order valence-corrected chi connectivity index (χ4v) is 3.85. The van der Waals surface area contributed by atoms with Crippen molar-refractivity contribution in [2.45, 2.75) is 26.3 Å². The van der Waals surface area contributed by atoms with Gasteiger partial charge in [0.05, 0.1) is 0 Å². The Bertz CT molecular complexity index is 1100. The maximum atomic E-state index is 12.8. The van der Waals surface area contributed by atoms with E-state index in [1.165, 1.54) is 16.5 Å². The summed E-state index contributed by atoms with van der Waals surface area (Å²) in [5, 5.41) is 4.03. The van der Waals surface area contributed by atoms with Gasteiger partial charge < -0.3 is 15.2 Å². The van der Waals surface area contributed by atoms with Crippen molar-refractivity contribution in [3.05, 3.63) is 77.5 Å². The van der Waals surface area contributed by atoms with Crippen LogP contribution in [-0.2, 0) is 4.79 Å². The number of fused-ring (bicyclic) bond motifs is 1. The summed E-state index contributed by atoms with van der Waals surface area (Å²) in [6.07, 6.45) is 4.96. The minimum absolute atomic E-state index is 0.0553. The summed E-state index contributed by atoms with van der Waals surface area (Å²) in [4.78, 5) is 30.4. The molecule has 2 heterocycles. The van der Waals surface area contributed by atoms with E-state index < -0.39 is 6.04 Å². The molecule has 0 spiro atoms. The molecular weight excluding hydrogens is 362 g/mol. The highest BCUT2D eigenvalue weighted by molar-refractivity contribution is 5.98. The number of aromatic amines is 1. The van der Waals surface area contributed by atoms with Crippen LogP contribution in [0.4, 0.5) is 0 Å². The lowest BCUT2D eigenvalue weighted by Gasteiger charge is -2.29. The Balaban J connectivity index is 1.41. The van der Waals surface area contributed by atoms with E-state index in [1.54, 1.807) is 17.9 Å². The number of carbonyl (C=O) groups is 2. The number of H-pyrrole nitrogens is 1. The van der Waals surface area contributed by atoms with Crippen molar-refractivity contribution in [1.82, 2.24) is 15.2 Å². The molecule has 148 valence electrons. The van der Waals surface area contributed by atoms with Gasteiger partial charge in [-0.05, 0) is 44.0 Å². The molecule has 0 saturated carbocycles. The normalized spacial score (nSPS) is 15.1.